The summed E-state index contributed by atoms with van der Waals surface area (Å²) >= 11 is 0. The highest BCUT2D eigenvalue weighted by Gasteiger charge is 2.42. The van der Waals surface area contributed by atoms with Crippen molar-refractivity contribution in [1.29, 1.82) is 0 Å². The molecule has 1 aliphatic carbocycles. The maximum absolute atomic E-state index is 5.97. The quantitative estimate of drug-likeness (QED) is 0.906. The van der Waals surface area contributed by atoms with Crippen molar-refractivity contribution < 1.29 is 9.26 Å². The van der Waals surface area contributed by atoms with Gasteiger partial charge in [-0.1, -0.05) is 12.1 Å². The minimum absolute atomic E-state index is 0.210. The Morgan fingerprint density at radius 1 is 1.42 bits per heavy atom. The summed E-state index contributed by atoms with van der Waals surface area (Å²) in [6, 6.07) is 0.210. The minimum atomic E-state index is -0.293. The molecule has 2 heterocycles. The van der Waals surface area contributed by atoms with E-state index in [9.17, 15) is 0 Å². The van der Waals surface area contributed by atoms with Crippen LogP contribution in [0.4, 0.5) is 0 Å². The molecule has 5 nitrogen and oxygen atoms in total. The summed E-state index contributed by atoms with van der Waals surface area (Å²) in [6.07, 6.45) is 5.55. The molecule has 2 aliphatic rings. The van der Waals surface area contributed by atoms with Gasteiger partial charge in [-0.25, -0.2) is 0 Å². The Hall–Kier alpha value is -0.940. The predicted octanol–water partition coefficient (Wildman–Crippen LogP) is 2.55. The standard InChI is InChI=1S/C14H23N3O2/c1-3-18-14(7-4-5-8-14)13-16-12(19-17-13)11-10(2)6-9-15-11/h10-11,15H,3-9H2,1-2H3. The molecule has 0 amide bonds. The SMILES string of the molecule is CCOC1(c2noc(C3NCCC3C)n2)CCCC1. The zero-order valence-corrected chi connectivity index (χ0v) is 11.8. The molecule has 19 heavy (non-hydrogen) atoms. The third kappa shape index (κ3) is 2.30. The van der Waals surface area contributed by atoms with Crippen molar-refractivity contribution in [3.63, 3.8) is 0 Å². The number of nitrogens with one attached hydrogen (secondary N) is 1. The third-order valence-electron chi connectivity index (χ3n) is 4.48. The smallest absolute Gasteiger partial charge is 0.244 e. The van der Waals surface area contributed by atoms with Crippen LogP contribution in [0.3, 0.4) is 0 Å². The van der Waals surface area contributed by atoms with Crippen LogP contribution in [0.5, 0.6) is 0 Å². The maximum Gasteiger partial charge on any atom is 0.244 e. The van der Waals surface area contributed by atoms with Crippen molar-refractivity contribution >= 4 is 0 Å². The van der Waals surface area contributed by atoms with E-state index in [-0.39, 0.29) is 11.6 Å². The van der Waals surface area contributed by atoms with Crippen molar-refractivity contribution in [2.45, 2.75) is 57.6 Å². The van der Waals surface area contributed by atoms with Gasteiger partial charge in [-0.3, -0.25) is 0 Å². The van der Waals surface area contributed by atoms with E-state index in [1.54, 1.807) is 0 Å². The molecule has 0 aromatic carbocycles. The average Bonchev–Trinajstić information content (AvgIpc) is 3.08. The molecule has 0 spiro atoms. The molecule has 1 aromatic rings. The van der Waals surface area contributed by atoms with Gasteiger partial charge in [0.2, 0.25) is 11.7 Å². The van der Waals surface area contributed by atoms with Crippen LogP contribution in [-0.2, 0) is 10.3 Å². The van der Waals surface area contributed by atoms with Gasteiger partial charge in [0.1, 0.15) is 5.60 Å². The number of hydrogen-bond acceptors (Lipinski definition) is 5. The lowest BCUT2D eigenvalue weighted by atomic mass is 10.0. The normalized spacial score (nSPS) is 30.0. The molecule has 2 unspecified atom stereocenters. The first kappa shape index (κ1) is 13.1. The van der Waals surface area contributed by atoms with Gasteiger partial charge < -0.3 is 14.6 Å². The van der Waals surface area contributed by atoms with Gasteiger partial charge in [-0.05, 0) is 51.5 Å². The Bertz CT molecular complexity index is 426. The Kier molecular flexibility index (Phi) is 3.58. The van der Waals surface area contributed by atoms with Gasteiger partial charge >= 0.3 is 0 Å². The van der Waals surface area contributed by atoms with Crippen molar-refractivity contribution in [2.24, 2.45) is 5.92 Å². The average molecular weight is 265 g/mol. The lowest BCUT2D eigenvalue weighted by Crippen LogP contribution is -2.28. The van der Waals surface area contributed by atoms with Crippen molar-refractivity contribution in [1.82, 2.24) is 15.5 Å². The summed E-state index contributed by atoms with van der Waals surface area (Å²) in [4.78, 5) is 4.65. The van der Waals surface area contributed by atoms with E-state index in [0.29, 0.717) is 12.5 Å². The molecule has 1 aliphatic heterocycles. The molecule has 1 saturated carbocycles. The Morgan fingerprint density at radius 3 is 2.84 bits per heavy atom. The first-order valence-electron chi connectivity index (χ1n) is 7.46. The summed E-state index contributed by atoms with van der Waals surface area (Å²) < 4.78 is 11.5. The fraction of sp³-hybridized carbons (Fsp3) is 0.857. The second-order valence-electron chi connectivity index (χ2n) is 5.79. The summed E-state index contributed by atoms with van der Waals surface area (Å²) in [5.74, 6) is 2.04. The second kappa shape index (κ2) is 5.21. The van der Waals surface area contributed by atoms with Gasteiger partial charge in [0.25, 0.3) is 0 Å². The van der Waals surface area contributed by atoms with Crippen LogP contribution in [0.15, 0.2) is 4.52 Å². The first-order valence-corrected chi connectivity index (χ1v) is 7.46. The van der Waals surface area contributed by atoms with E-state index >= 15 is 0 Å². The van der Waals surface area contributed by atoms with Crippen LogP contribution in [0.25, 0.3) is 0 Å². The molecule has 106 valence electrons. The topological polar surface area (TPSA) is 60.2 Å². The highest BCUT2D eigenvalue weighted by molar-refractivity contribution is 5.07. The highest BCUT2D eigenvalue weighted by Crippen LogP contribution is 2.41. The summed E-state index contributed by atoms with van der Waals surface area (Å²) in [5, 5.41) is 7.65. The van der Waals surface area contributed by atoms with Crippen LogP contribution in [-0.4, -0.2) is 23.3 Å². The van der Waals surface area contributed by atoms with Crippen LogP contribution < -0.4 is 5.32 Å². The predicted molar refractivity (Wildman–Crippen MR) is 70.6 cm³/mol. The monoisotopic (exact) mass is 265 g/mol. The van der Waals surface area contributed by atoms with Crippen molar-refractivity contribution in [3.05, 3.63) is 11.7 Å². The molecule has 2 atom stereocenters. The summed E-state index contributed by atoms with van der Waals surface area (Å²) in [6.45, 7) is 5.98. The number of rotatable bonds is 4. The Morgan fingerprint density at radius 2 is 2.21 bits per heavy atom. The second-order valence-corrected chi connectivity index (χ2v) is 5.79. The van der Waals surface area contributed by atoms with Crippen molar-refractivity contribution in [2.75, 3.05) is 13.2 Å². The number of nitrogens with zero attached hydrogens (tertiary/aromatic N) is 2. The van der Waals surface area contributed by atoms with E-state index in [1.807, 2.05) is 6.92 Å². The third-order valence-corrected chi connectivity index (χ3v) is 4.48. The van der Waals surface area contributed by atoms with Gasteiger partial charge in [0.15, 0.2) is 0 Å². The van der Waals surface area contributed by atoms with Crippen LogP contribution >= 0.6 is 0 Å². The van der Waals surface area contributed by atoms with Crippen LogP contribution in [0.1, 0.15) is 63.7 Å². The molecule has 1 N–H and O–H groups in total. The summed E-state index contributed by atoms with van der Waals surface area (Å²) in [5.41, 5.74) is -0.293. The van der Waals surface area contributed by atoms with Gasteiger partial charge in [-0.2, -0.15) is 4.98 Å². The van der Waals surface area contributed by atoms with E-state index in [1.165, 1.54) is 19.3 Å². The summed E-state index contributed by atoms with van der Waals surface area (Å²) in [7, 11) is 0. The molecule has 2 fully saturated rings. The van der Waals surface area contributed by atoms with Crippen LogP contribution in [0.2, 0.25) is 0 Å². The van der Waals surface area contributed by atoms with E-state index in [0.717, 1.165) is 31.1 Å². The highest BCUT2D eigenvalue weighted by atomic mass is 16.5. The largest absolute Gasteiger partial charge is 0.367 e. The lowest BCUT2D eigenvalue weighted by Gasteiger charge is -2.24. The first-order chi connectivity index (χ1) is 9.25. The number of ether oxygens (including phenoxy) is 1. The van der Waals surface area contributed by atoms with E-state index in [4.69, 9.17) is 9.26 Å². The van der Waals surface area contributed by atoms with E-state index in [2.05, 4.69) is 22.4 Å². The fourth-order valence-electron chi connectivity index (χ4n) is 3.37. The van der Waals surface area contributed by atoms with Gasteiger partial charge in [0.05, 0.1) is 6.04 Å². The molecule has 1 saturated heterocycles. The van der Waals surface area contributed by atoms with Gasteiger partial charge in [0, 0.05) is 6.61 Å². The van der Waals surface area contributed by atoms with Crippen molar-refractivity contribution in [3.8, 4) is 0 Å². The lowest BCUT2D eigenvalue weighted by molar-refractivity contribution is -0.0469. The van der Waals surface area contributed by atoms with Crippen LogP contribution in [0, 0.1) is 5.92 Å². The minimum Gasteiger partial charge on any atom is -0.367 e. The Labute approximate surface area is 114 Å². The molecule has 3 rings (SSSR count). The fourth-order valence-corrected chi connectivity index (χ4v) is 3.37. The molecular weight excluding hydrogens is 242 g/mol. The van der Waals surface area contributed by atoms with E-state index < -0.39 is 0 Å². The molecular formula is C14H23N3O2. The number of hydrogen-bond donors (Lipinski definition) is 1. The molecule has 5 heteroatoms. The zero-order chi connectivity index (χ0) is 13.3. The molecule has 0 bridgehead atoms. The number of aromatic nitrogens is 2. The maximum atomic E-state index is 5.97. The molecule has 1 aromatic heterocycles. The van der Waals surface area contributed by atoms with Gasteiger partial charge in [-0.15, -0.1) is 0 Å². The Balaban J connectivity index is 1.83. The molecule has 0 radical (unpaired) electrons. The zero-order valence-electron chi connectivity index (χ0n) is 11.8.